The van der Waals surface area contributed by atoms with Crippen LogP contribution in [0, 0.1) is 13.8 Å². The number of ketones is 1. The van der Waals surface area contributed by atoms with Crippen molar-refractivity contribution in [3.05, 3.63) is 46.8 Å². The molecule has 33 heavy (non-hydrogen) atoms. The van der Waals surface area contributed by atoms with Crippen LogP contribution in [0.3, 0.4) is 0 Å². The minimum absolute atomic E-state index is 0.0486. The van der Waals surface area contributed by atoms with Crippen molar-refractivity contribution in [1.29, 1.82) is 0 Å². The number of esters is 1. The van der Waals surface area contributed by atoms with Gasteiger partial charge in [0, 0.05) is 23.0 Å². The topological polar surface area (TPSA) is 144 Å². The van der Waals surface area contributed by atoms with E-state index < -0.39 is 34.1 Å². The van der Waals surface area contributed by atoms with Crippen LogP contribution in [0.5, 0.6) is 11.5 Å². The number of carbonyl (C=O) groups is 3. The number of benzene rings is 1. The number of carbonyl (C=O) groups excluding carboxylic acids is 3. The highest BCUT2D eigenvalue weighted by Gasteiger charge is 2.31. The lowest BCUT2D eigenvalue weighted by Crippen LogP contribution is -2.20. The van der Waals surface area contributed by atoms with Gasteiger partial charge >= 0.3 is 5.97 Å². The molecule has 1 aliphatic heterocycles. The maximum absolute atomic E-state index is 12.7. The number of ether oxygens (including phenoxy) is 3. The van der Waals surface area contributed by atoms with E-state index in [1.807, 2.05) is 11.5 Å². The number of nitrogens with zero attached hydrogens (tertiary/aromatic N) is 1. The highest BCUT2D eigenvalue weighted by molar-refractivity contribution is 7.91. The first-order chi connectivity index (χ1) is 15.5. The van der Waals surface area contributed by atoms with Gasteiger partial charge in [-0.15, -0.1) is 0 Å². The molecule has 3 rings (SSSR count). The summed E-state index contributed by atoms with van der Waals surface area (Å²) < 4.78 is 41.1. The van der Waals surface area contributed by atoms with E-state index in [4.69, 9.17) is 19.9 Å². The number of rotatable bonds is 9. The molecule has 1 amide bonds. The average Bonchev–Trinajstić information content (AvgIpc) is 3.27. The van der Waals surface area contributed by atoms with Crippen molar-refractivity contribution in [2.45, 2.75) is 26.3 Å². The van der Waals surface area contributed by atoms with E-state index >= 15 is 0 Å². The molecule has 2 N–H and O–H groups in total. The molecule has 2 heterocycles. The third-order valence-electron chi connectivity index (χ3n) is 5.46. The Labute approximate surface area is 191 Å². The lowest BCUT2D eigenvalue weighted by atomic mass is 10.1. The molecule has 1 aromatic heterocycles. The molecule has 0 aliphatic carbocycles. The molecular formula is C22H26N2O8S. The van der Waals surface area contributed by atoms with E-state index in [2.05, 4.69) is 0 Å². The van der Waals surface area contributed by atoms with Crippen molar-refractivity contribution in [1.82, 2.24) is 4.57 Å². The van der Waals surface area contributed by atoms with Crippen LogP contribution < -0.4 is 15.2 Å². The predicted octanol–water partition coefficient (Wildman–Crippen LogP) is 1.38. The Kier molecular flexibility index (Phi) is 7.11. The zero-order valence-corrected chi connectivity index (χ0v) is 19.4. The van der Waals surface area contributed by atoms with E-state index in [1.54, 1.807) is 13.0 Å². The highest BCUT2D eigenvalue weighted by Crippen LogP contribution is 2.30. The lowest BCUT2D eigenvalue weighted by Gasteiger charge is -2.16. The summed E-state index contributed by atoms with van der Waals surface area (Å²) in [6, 6.07) is 5.70. The minimum atomic E-state index is -3.07. The second-order valence-corrected chi connectivity index (χ2v) is 10.1. The fourth-order valence-corrected chi connectivity index (χ4v) is 5.66. The van der Waals surface area contributed by atoms with E-state index in [0.717, 1.165) is 5.69 Å². The Morgan fingerprint density at radius 1 is 1.12 bits per heavy atom. The summed E-state index contributed by atoms with van der Waals surface area (Å²) in [4.78, 5) is 36.1. The Hall–Kier alpha value is -3.34. The van der Waals surface area contributed by atoms with E-state index in [0.29, 0.717) is 17.7 Å². The Balaban J connectivity index is 1.68. The molecular weight excluding hydrogens is 452 g/mol. The van der Waals surface area contributed by atoms with Gasteiger partial charge in [0.05, 0.1) is 24.2 Å². The summed E-state index contributed by atoms with van der Waals surface area (Å²) in [5.74, 6) is -1.18. The fraction of sp³-hybridized carbons (Fsp3) is 0.409. The quantitative estimate of drug-likeness (QED) is 0.420. The summed E-state index contributed by atoms with van der Waals surface area (Å²) in [5, 5.41) is 0. The summed E-state index contributed by atoms with van der Waals surface area (Å²) in [6.07, 6.45) is 0.502. The van der Waals surface area contributed by atoms with Gasteiger partial charge in [0.15, 0.2) is 34.6 Å². The van der Waals surface area contributed by atoms with Gasteiger partial charge in [-0.2, -0.15) is 0 Å². The molecule has 1 aromatic carbocycles. The third kappa shape index (κ3) is 5.54. The number of nitrogens with two attached hydrogens (primary N) is 1. The number of Topliss-reactive ketones (excluding diaryl/α,β-unsaturated/α-hetero) is 1. The van der Waals surface area contributed by atoms with Crippen LogP contribution in [0.25, 0.3) is 0 Å². The number of sulfone groups is 1. The second kappa shape index (κ2) is 9.65. The highest BCUT2D eigenvalue weighted by atomic mass is 32.2. The van der Waals surface area contributed by atoms with Crippen LogP contribution in [0.1, 0.15) is 44.6 Å². The van der Waals surface area contributed by atoms with Crippen molar-refractivity contribution in [3.8, 4) is 11.5 Å². The molecule has 1 atom stereocenters. The molecule has 0 saturated carbocycles. The molecule has 11 heteroatoms. The van der Waals surface area contributed by atoms with Gasteiger partial charge in [-0.05, 0) is 44.5 Å². The molecule has 0 radical (unpaired) electrons. The molecule has 178 valence electrons. The van der Waals surface area contributed by atoms with Crippen LogP contribution in [-0.4, -0.2) is 62.5 Å². The zero-order valence-electron chi connectivity index (χ0n) is 18.6. The van der Waals surface area contributed by atoms with Crippen molar-refractivity contribution < 1.29 is 37.0 Å². The molecule has 1 fully saturated rings. The number of aryl methyl sites for hydroxylation is 1. The van der Waals surface area contributed by atoms with Crippen LogP contribution in [0.4, 0.5) is 0 Å². The maximum atomic E-state index is 12.7. The molecule has 10 nitrogen and oxygen atoms in total. The van der Waals surface area contributed by atoms with Crippen LogP contribution in [-0.2, 0) is 19.4 Å². The molecule has 0 bridgehead atoms. The number of aromatic nitrogens is 1. The van der Waals surface area contributed by atoms with Gasteiger partial charge in [0.2, 0.25) is 5.78 Å². The summed E-state index contributed by atoms with van der Waals surface area (Å²) in [6.45, 7) is 2.74. The van der Waals surface area contributed by atoms with E-state index in [9.17, 15) is 22.8 Å². The standard InChI is InChI=1S/C22H26N2O8S/c1-13-8-17(14(2)24(13)16-6-7-33(28,29)12-16)18(25)10-32-22(27)15-4-5-19(20(9-15)30-3)31-11-21(23)26/h4-5,8-9,16H,6-7,10-12H2,1-3H3,(H2,23,26). The van der Waals surface area contributed by atoms with Gasteiger partial charge in [-0.1, -0.05) is 0 Å². The molecule has 1 aliphatic rings. The SMILES string of the molecule is COc1cc(C(=O)OCC(=O)c2cc(C)n(C3CCS(=O)(=O)C3)c2C)ccc1OCC(N)=O. The number of methoxy groups -OCH3 is 1. The van der Waals surface area contributed by atoms with Crippen molar-refractivity contribution in [2.75, 3.05) is 31.8 Å². The first-order valence-electron chi connectivity index (χ1n) is 10.2. The second-order valence-electron chi connectivity index (χ2n) is 7.83. The van der Waals surface area contributed by atoms with Crippen molar-refractivity contribution in [3.63, 3.8) is 0 Å². The molecule has 2 aromatic rings. The first kappa shape index (κ1) is 24.3. The summed E-state index contributed by atoms with van der Waals surface area (Å²) in [5.41, 5.74) is 7.00. The van der Waals surface area contributed by atoms with E-state index in [1.165, 1.54) is 25.3 Å². The van der Waals surface area contributed by atoms with Crippen LogP contribution in [0.15, 0.2) is 24.3 Å². The number of amides is 1. The normalized spacial score (nSPS) is 16.9. The van der Waals surface area contributed by atoms with Gasteiger partial charge in [-0.3, -0.25) is 9.59 Å². The van der Waals surface area contributed by atoms with Gasteiger partial charge in [-0.25, -0.2) is 13.2 Å². The first-order valence-corrected chi connectivity index (χ1v) is 12.0. The molecule has 1 saturated heterocycles. The van der Waals surface area contributed by atoms with Gasteiger partial charge in [0.1, 0.15) is 0 Å². The Bertz CT molecular complexity index is 1200. The lowest BCUT2D eigenvalue weighted by molar-refractivity contribution is -0.119. The third-order valence-corrected chi connectivity index (χ3v) is 7.21. The zero-order chi connectivity index (χ0) is 24.3. The molecule has 0 spiro atoms. The monoisotopic (exact) mass is 478 g/mol. The summed E-state index contributed by atoms with van der Waals surface area (Å²) in [7, 11) is -1.70. The van der Waals surface area contributed by atoms with Crippen LogP contribution >= 0.6 is 0 Å². The minimum Gasteiger partial charge on any atom is -0.493 e. The van der Waals surface area contributed by atoms with Crippen LogP contribution in [0.2, 0.25) is 0 Å². The fourth-order valence-electron chi connectivity index (χ4n) is 3.96. The average molecular weight is 479 g/mol. The largest absolute Gasteiger partial charge is 0.493 e. The smallest absolute Gasteiger partial charge is 0.338 e. The van der Waals surface area contributed by atoms with Gasteiger partial charge < -0.3 is 24.5 Å². The number of primary amides is 1. The number of hydrogen-bond acceptors (Lipinski definition) is 8. The van der Waals surface area contributed by atoms with Crippen molar-refractivity contribution in [2.24, 2.45) is 5.73 Å². The summed E-state index contributed by atoms with van der Waals surface area (Å²) >= 11 is 0. The Morgan fingerprint density at radius 3 is 2.45 bits per heavy atom. The molecule has 1 unspecified atom stereocenters. The predicted molar refractivity (Wildman–Crippen MR) is 119 cm³/mol. The Morgan fingerprint density at radius 2 is 1.85 bits per heavy atom. The van der Waals surface area contributed by atoms with Crippen molar-refractivity contribution >= 4 is 27.5 Å². The maximum Gasteiger partial charge on any atom is 0.338 e. The number of hydrogen-bond donors (Lipinski definition) is 1. The van der Waals surface area contributed by atoms with Gasteiger partial charge in [0.25, 0.3) is 5.91 Å². The van der Waals surface area contributed by atoms with E-state index in [-0.39, 0.29) is 41.2 Å².